The van der Waals surface area contributed by atoms with Gasteiger partial charge in [-0.15, -0.1) is 0 Å². The number of hydrogen-bond acceptors (Lipinski definition) is 3. The van der Waals surface area contributed by atoms with Gasteiger partial charge >= 0.3 is 11.9 Å². The van der Waals surface area contributed by atoms with E-state index < -0.39 is 11.9 Å². The fraction of sp³-hybridized carbons (Fsp3) is 0.467. The van der Waals surface area contributed by atoms with Gasteiger partial charge in [-0.2, -0.15) is 0 Å². The Morgan fingerprint density at radius 2 is 1.74 bits per heavy atom. The van der Waals surface area contributed by atoms with Crippen molar-refractivity contribution in [1.82, 2.24) is 0 Å². The van der Waals surface area contributed by atoms with Crippen LogP contribution >= 0.6 is 0 Å². The topological polar surface area (TPSA) is 63.6 Å². The second-order valence-electron chi connectivity index (χ2n) is 5.52. The second kappa shape index (κ2) is 5.87. The molecule has 19 heavy (non-hydrogen) atoms. The summed E-state index contributed by atoms with van der Waals surface area (Å²) in [7, 11) is 0. The average Bonchev–Trinajstić information content (AvgIpc) is 2.34. The third-order valence-electron chi connectivity index (χ3n) is 2.96. The summed E-state index contributed by atoms with van der Waals surface area (Å²) in [5.74, 6) is -1.71. The number of carboxylic acid groups (broad SMARTS) is 1. The Labute approximate surface area is 113 Å². The number of ether oxygens (including phenoxy) is 1. The third-order valence-corrected chi connectivity index (χ3v) is 2.96. The lowest BCUT2D eigenvalue weighted by Gasteiger charge is -2.29. The first-order chi connectivity index (χ1) is 8.77. The van der Waals surface area contributed by atoms with Crippen molar-refractivity contribution in [2.24, 2.45) is 5.41 Å². The summed E-state index contributed by atoms with van der Waals surface area (Å²) in [5, 5.41) is 9.06. The molecule has 0 aliphatic heterocycles. The van der Waals surface area contributed by atoms with Gasteiger partial charge in [-0.05, 0) is 24.0 Å². The summed E-state index contributed by atoms with van der Waals surface area (Å²) in [4.78, 5) is 23.2. The molecule has 0 spiro atoms. The summed E-state index contributed by atoms with van der Waals surface area (Å²) in [6.45, 7) is 7.89. The van der Waals surface area contributed by atoms with Gasteiger partial charge in [0, 0.05) is 0 Å². The van der Waals surface area contributed by atoms with E-state index in [-0.39, 0.29) is 22.6 Å². The van der Waals surface area contributed by atoms with E-state index in [2.05, 4.69) is 0 Å². The Bertz CT molecular complexity index is 471. The molecule has 0 aromatic heterocycles. The molecule has 0 saturated carbocycles. The van der Waals surface area contributed by atoms with Gasteiger partial charge < -0.3 is 9.84 Å². The maximum atomic E-state index is 12.1. The van der Waals surface area contributed by atoms with Crippen LogP contribution < -0.4 is 0 Å². The lowest BCUT2D eigenvalue weighted by molar-refractivity contribution is -0.00427. The number of rotatable bonds is 4. The molecule has 0 heterocycles. The molecular weight excluding hydrogens is 244 g/mol. The average molecular weight is 264 g/mol. The molecule has 1 unspecified atom stereocenters. The first-order valence-electron chi connectivity index (χ1n) is 6.30. The Balaban J connectivity index is 2.99. The minimum Gasteiger partial charge on any atom is -0.478 e. The zero-order valence-electron chi connectivity index (χ0n) is 11.8. The first-order valence-corrected chi connectivity index (χ1v) is 6.30. The smallest absolute Gasteiger partial charge is 0.339 e. The molecule has 0 amide bonds. The highest BCUT2D eigenvalue weighted by Gasteiger charge is 2.28. The van der Waals surface area contributed by atoms with E-state index in [0.29, 0.717) is 6.42 Å². The molecule has 0 bridgehead atoms. The Morgan fingerprint density at radius 1 is 1.21 bits per heavy atom. The van der Waals surface area contributed by atoms with Gasteiger partial charge in [0.15, 0.2) is 0 Å². The van der Waals surface area contributed by atoms with Crippen molar-refractivity contribution in [1.29, 1.82) is 0 Å². The molecule has 0 fully saturated rings. The number of carboxylic acids is 1. The Kier molecular flexibility index (Phi) is 4.70. The van der Waals surface area contributed by atoms with Crippen molar-refractivity contribution >= 4 is 11.9 Å². The predicted octanol–water partition coefficient (Wildman–Crippen LogP) is 3.37. The number of hydrogen-bond donors (Lipinski definition) is 1. The van der Waals surface area contributed by atoms with E-state index in [4.69, 9.17) is 9.84 Å². The minimum absolute atomic E-state index is 0.0312. The quantitative estimate of drug-likeness (QED) is 0.847. The number of benzene rings is 1. The second-order valence-corrected chi connectivity index (χ2v) is 5.52. The highest BCUT2D eigenvalue weighted by Crippen LogP contribution is 2.26. The minimum atomic E-state index is -1.13. The van der Waals surface area contributed by atoms with Crippen LogP contribution in [0.3, 0.4) is 0 Å². The molecule has 1 atom stereocenters. The number of carbonyl (C=O) groups excluding carboxylic acids is 1. The maximum Gasteiger partial charge on any atom is 0.339 e. The molecule has 104 valence electrons. The number of aromatic carboxylic acids is 1. The molecule has 1 aromatic carbocycles. The number of carbonyl (C=O) groups is 2. The van der Waals surface area contributed by atoms with Crippen molar-refractivity contribution in [3.8, 4) is 0 Å². The standard InChI is InChI=1S/C15H20O4/c1-5-12(15(2,3)4)19-14(18)11-9-7-6-8-10(11)13(16)17/h6-9,12H,5H2,1-4H3,(H,16,17). The van der Waals surface area contributed by atoms with Gasteiger partial charge in [0.1, 0.15) is 6.10 Å². The van der Waals surface area contributed by atoms with E-state index in [9.17, 15) is 9.59 Å². The Hall–Kier alpha value is -1.84. The molecule has 4 heteroatoms. The highest BCUT2D eigenvalue weighted by atomic mass is 16.5. The highest BCUT2D eigenvalue weighted by molar-refractivity contribution is 6.02. The monoisotopic (exact) mass is 264 g/mol. The predicted molar refractivity (Wildman–Crippen MR) is 72.4 cm³/mol. The van der Waals surface area contributed by atoms with Gasteiger partial charge in [0.05, 0.1) is 11.1 Å². The zero-order valence-corrected chi connectivity index (χ0v) is 11.8. The van der Waals surface area contributed by atoms with E-state index in [1.165, 1.54) is 12.1 Å². The van der Waals surface area contributed by atoms with Crippen LogP contribution in [0.25, 0.3) is 0 Å². The lowest BCUT2D eigenvalue weighted by atomic mass is 9.87. The SMILES string of the molecule is CCC(OC(=O)c1ccccc1C(=O)O)C(C)(C)C. The maximum absolute atomic E-state index is 12.1. The summed E-state index contributed by atoms with van der Waals surface area (Å²) in [5.41, 5.74) is -0.114. The van der Waals surface area contributed by atoms with Gasteiger partial charge in [-0.25, -0.2) is 9.59 Å². The van der Waals surface area contributed by atoms with Crippen molar-refractivity contribution in [3.63, 3.8) is 0 Å². The van der Waals surface area contributed by atoms with E-state index >= 15 is 0 Å². The van der Waals surface area contributed by atoms with Crippen molar-refractivity contribution in [2.75, 3.05) is 0 Å². The summed E-state index contributed by atoms with van der Waals surface area (Å²) >= 11 is 0. The fourth-order valence-electron chi connectivity index (χ4n) is 1.91. The molecule has 1 rings (SSSR count). The van der Waals surface area contributed by atoms with Crippen molar-refractivity contribution in [2.45, 2.75) is 40.2 Å². The molecule has 0 radical (unpaired) electrons. The van der Waals surface area contributed by atoms with Crippen molar-refractivity contribution in [3.05, 3.63) is 35.4 Å². The molecular formula is C15H20O4. The molecule has 1 aromatic rings. The molecule has 0 aliphatic rings. The summed E-state index contributed by atoms with van der Waals surface area (Å²) in [6.07, 6.45) is 0.437. The van der Waals surface area contributed by atoms with E-state index in [0.717, 1.165) is 0 Å². The zero-order chi connectivity index (χ0) is 14.6. The van der Waals surface area contributed by atoms with E-state index in [1.807, 2.05) is 27.7 Å². The fourth-order valence-corrected chi connectivity index (χ4v) is 1.91. The molecule has 1 N–H and O–H groups in total. The molecule has 0 aliphatic carbocycles. The van der Waals surface area contributed by atoms with Crippen LogP contribution in [0.5, 0.6) is 0 Å². The first kappa shape index (κ1) is 15.2. The van der Waals surface area contributed by atoms with Crippen LogP contribution in [-0.2, 0) is 4.74 Å². The van der Waals surface area contributed by atoms with Gasteiger partial charge in [0.2, 0.25) is 0 Å². The van der Waals surface area contributed by atoms with Gasteiger partial charge in [-0.3, -0.25) is 0 Å². The summed E-state index contributed by atoms with van der Waals surface area (Å²) in [6, 6.07) is 6.08. The van der Waals surface area contributed by atoms with Crippen LogP contribution in [0.2, 0.25) is 0 Å². The largest absolute Gasteiger partial charge is 0.478 e. The third kappa shape index (κ3) is 3.81. The van der Waals surface area contributed by atoms with Crippen LogP contribution in [-0.4, -0.2) is 23.1 Å². The Morgan fingerprint density at radius 3 is 2.16 bits per heavy atom. The van der Waals surface area contributed by atoms with Crippen LogP contribution in [0.4, 0.5) is 0 Å². The normalized spacial score (nSPS) is 12.8. The van der Waals surface area contributed by atoms with E-state index in [1.54, 1.807) is 12.1 Å². The number of esters is 1. The van der Waals surface area contributed by atoms with Gasteiger partial charge in [-0.1, -0.05) is 39.8 Å². The summed E-state index contributed by atoms with van der Waals surface area (Å²) < 4.78 is 5.44. The van der Waals surface area contributed by atoms with Crippen LogP contribution in [0.1, 0.15) is 54.8 Å². The molecule has 4 nitrogen and oxygen atoms in total. The van der Waals surface area contributed by atoms with Crippen LogP contribution in [0.15, 0.2) is 24.3 Å². The molecule has 0 saturated heterocycles. The van der Waals surface area contributed by atoms with Gasteiger partial charge in [0.25, 0.3) is 0 Å². The van der Waals surface area contributed by atoms with Crippen LogP contribution in [0, 0.1) is 5.41 Å². The van der Waals surface area contributed by atoms with Crippen molar-refractivity contribution < 1.29 is 19.4 Å². The lowest BCUT2D eigenvalue weighted by Crippen LogP contribution is -2.31.